The van der Waals surface area contributed by atoms with Crippen LogP contribution in [0.15, 0.2) is 0 Å². The highest BCUT2D eigenvalue weighted by Crippen LogP contribution is 2.34. The highest BCUT2D eigenvalue weighted by Gasteiger charge is 2.38. The van der Waals surface area contributed by atoms with Gasteiger partial charge in [0.2, 0.25) is 10.1 Å². The molecule has 0 amide bonds. The minimum Gasteiger partial charge on any atom is -0.475 e. The smallest absolute Gasteiger partial charge is 0.475 e. The fourth-order valence-electron chi connectivity index (χ4n) is 1.31. The molecule has 2 heterocycles. The molecule has 1 saturated heterocycles. The molecular weight excluding hydrogens is 342 g/mol. The van der Waals surface area contributed by atoms with E-state index >= 15 is 0 Å². The topological polar surface area (TPSA) is 78.4 Å². The van der Waals surface area contributed by atoms with Crippen molar-refractivity contribution in [3.05, 3.63) is 5.01 Å². The van der Waals surface area contributed by atoms with E-state index in [4.69, 9.17) is 9.90 Å². The summed E-state index contributed by atoms with van der Waals surface area (Å²) in [5.74, 6) is -2.76. The monoisotopic (exact) mass is 352 g/mol. The van der Waals surface area contributed by atoms with Crippen molar-refractivity contribution in [3.63, 3.8) is 0 Å². The summed E-state index contributed by atoms with van der Waals surface area (Å²) in [6.45, 7) is 2.88. The Morgan fingerprint density at radius 3 is 2.00 bits per heavy atom. The Hall–Kier alpha value is -1.63. The normalized spacial score (nSPS) is 16.0. The lowest BCUT2D eigenvalue weighted by Gasteiger charge is -2.26. The van der Waals surface area contributed by atoms with Gasteiger partial charge in [0.1, 0.15) is 0 Å². The van der Waals surface area contributed by atoms with E-state index in [0.29, 0.717) is 29.6 Å². The molecule has 1 aromatic rings. The number of rotatable bonds is 1. The molecule has 0 spiro atoms. The molecule has 1 aliphatic heterocycles. The number of hydrogen-bond acceptors (Lipinski definition) is 6. The van der Waals surface area contributed by atoms with Crippen molar-refractivity contribution >= 4 is 22.4 Å². The number of piperazine rings is 1. The average molecular weight is 352 g/mol. The lowest BCUT2D eigenvalue weighted by Crippen LogP contribution is -2.43. The number of aromatic nitrogens is 2. The van der Waals surface area contributed by atoms with E-state index in [1.54, 1.807) is 0 Å². The zero-order valence-electron chi connectivity index (χ0n) is 10.7. The van der Waals surface area contributed by atoms with Gasteiger partial charge < -0.3 is 15.3 Å². The van der Waals surface area contributed by atoms with E-state index in [0.717, 1.165) is 13.1 Å². The van der Waals surface area contributed by atoms with Gasteiger partial charge in [-0.25, -0.2) is 4.79 Å². The minimum absolute atomic E-state index is 0.351. The molecule has 0 unspecified atom stereocenters. The molecule has 0 atom stereocenters. The molecule has 0 bridgehead atoms. The molecule has 1 aliphatic rings. The number of carboxylic acid groups (broad SMARTS) is 1. The van der Waals surface area contributed by atoms with Crippen molar-refractivity contribution < 1.29 is 36.2 Å². The maximum Gasteiger partial charge on any atom is 0.490 e. The molecule has 0 saturated carbocycles. The molecule has 22 heavy (non-hydrogen) atoms. The lowest BCUT2D eigenvalue weighted by molar-refractivity contribution is -0.192. The predicted octanol–water partition coefficient (Wildman–Crippen LogP) is 1.60. The number of hydrogen-bond donors (Lipinski definition) is 2. The molecule has 0 aromatic carbocycles. The summed E-state index contributed by atoms with van der Waals surface area (Å²) >= 11 is 0.597. The van der Waals surface area contributed by atoms with Crippen molar-refractivity contribution in [2.75, 3.05) is 31.1 Å². The van der Waals surface area contributed by atoms with Gasteiger partial charge in [-0.15, -0.1) is 10.2 Å². The van der Waals surface area contributed by atoms with Gasteiger partial charge >= 0.3 is 18.3 Å². The van der Waals surface area contributed by atoms with E-state index in [2.05, 4.69) is 15.5 Å². The Morgan fingerprint density at radius 2 is 1.64 bits per heavy atom. The van der Waals surface area contributed by atoms with Crippen LogP contribution in [0.1, 0.15) is 5.01 Å². The zero-order valence-corrected chi connectivity index (χ0v) is 11.5. The van der Waals surface area contributed by atoms with Crippen LogP contribution in [0.4, 0.5) is 31.5 Å². The van der Waals surface area contributed by atoms with Crippen molar-refractivity contribution in [2.24, 2.45) is 0 Å². The van der Waals surface area contributed by atoms with E-state index in [1.807, 2.05) is 4.90 Å². The van der Waals surface area contributed by atoms with Crippen molar-refractivity contribution in [2.45, 2.75) is 12.4 Å². The van der Waals surface area contributed by atoms with Gasteiger partial charge in [-0.1, -0.05) is 11.3 Å². The van der Waals surface area contributed by atoms with Crippen molar-refractivity contribution in [1.82, 2.24) is 15.5 Å². The summed E-state index contributed by atoms with van der Waals surface area (Å²) in [7, 11) is 0. The van der Waals surface area contributed by atoms with E-state index < -0.39 is 23.3 Å². The first-order valence-corrected chi connectivity index (χ1v) is 6.50. The molecule has 0 aliphatic carbocycles. The molecule has 1 aromatic heterocycles. The summed E-state index contributed by atoms with van der Waals surface area (Å²) < 4.78 is 68.5. The molecule has 1 fully saturated rings. The van der Waals surface area contributed by atoms with Crippen LogP contribution >= 0.6 is 11.3 Å². The van der Waals surface area contributed by atoms with E-state index in [9.17, 15) is 26.3 Å². The Morgan fingerprint density at radius 1 is 1.14 bits per heavy atom. The molecule has 2 rings (SSSR count). The molecule has 6 nitrogen and oxygen atoms in total. The second-order valence-corrected chi connectivity index (χ2v) is 4.88. The maximum absolute atomic E-state index is 12.2. The summed E-state index contributed by atoms with van der Waals surface area (Å²) in [5, 5.41) is 16.4. The molecule has 0 radical (unpaired) electrons. The summed E-state index contributed by atoms with van der Waals surface area (Å²) in [5.41, 5.74) is 0. The number of alkyl halides is 6. The number of aliphatic carboxylic acids is 1. The first-order chi connectivity index (χ1) is 10.0. The van der Waals surface area contributed by atoms with Gasteiger partial charge in [-0.05, 0) is 0 Å². The Bertz CT molecular complexity index is 497. The number of carboxylic acids is 1. The molecular formula is C9H10F6N4O2S. The Balaban J connectivity index is 0.000000295. The van der Waals surface area contributed by atoms with Gasteiger partial charge in [-0.3, -0.25) is 0 Å². The van der Waals surface area contributed by atoms with Crippen LogP contribution in [0.3, 0.4) is 0 Å². The molecule has 126 valence electrons. The maximum atomic E-state index is 12.2. The van der Waals surface area contributed by atoms with Crippen LogP contribution < -0.4 is 10.2 Å². The Labute approximate surface area is 123 Å². The average Bonchev–Trinajstić information content (AvgIpc) is 2.89. The first-order valence-electron chi connectivity index (χ1n) is 5.68. The number of nitrogens with one attached hydrogen (secondary N) is 1. The number of nitrogens with zero attached hydrogens (tertiary/aromatic N) is 3. The molecule has 13 heteroatoms. The second kappa shape index (κ2) is 7.09. The van der Waals surface area contributed by atoms with Crippen LogP contribution in [0.25, 0.3) is 0 Å². The van der Waals surface area contributed by atoms with Gasteiger partial charge in [0.05, 0.1) is 0 Å². The number of anilines is 1. The van der Waals surface area contributed by atoms with E-state index in [1.165, 1.54) is 0 Å². The largest absolute Gasteiger partial charge is 0.490 e. The molecule has 2 N–H and O–H groups in total. The van der Waals surface area contributed by atoms with Crippen molar-refractivity contribution in [1.29, 1.82) is 0 Å². The van der Waals surface area contributed by atoms with Gasteiger partial charge in [0.15, 0.2) is 0 Å². The fraction of sp³-hybridized carbons (Fsp3) is 0.667. The van der Waals surface area contributed by atoms with Crippen LogP contribution in [-0.2, 0) is 11.0 Å². The summed E-state index contributed by atoms with van der Waals surface area (Å²) in [4.78, 5) is 10.7. The highest BCUT2D eigenvalue weighted by atomic mass is 32.1. The summed E-state index contributed by atoms with van der Waals surface area (Å²) in [6.07, 6.45) is -9.47. The zero-order chi connectivity index (χ0) is 17.0. The lowest BCUT2D eigenvalue weighted by atomic mass is 10.4. The van der Waals surface area contributed by atoms with Crippen molar-refractivity contribution in [3.8, 4) is 0 Å². The first kappa shape index (κ1) is 18.4. The highest BCUT2D eigenvalue weighted by molar-refractivity contribution is 7.15. The second-order valence-electron chi connectivity index (χ2n) is 3.93. The van der Waals surface area contributed by atoms with Crippen LogP contribution in [0.5, 0.6) is 0 Å². The Kier molecular flexibility index (Phi) is 5.93. The van der Waals surface area contributed by atoms with Crippen LogP contribution in [0, 0.1) is 0 Å². The SMILES string of the molecule is FC(F)(F)c1nnc(N2CCNCC2)s1.O=C(O)C(F)(F)F. The van der Waals surface area contributed by atoms with Gasteiger partial charge in [0, 0.05) is 26.2 Å². The standard InChI is InChI=1S/C7H9F3N4S.C2HF3O2/c8-7(9,10)5-12-13-6(15-5)14-3-1-11-2-4-14;3-2(4,5)1(6)7/h11H,1-4H2;(H,6,7). The summed E-state index contributed by atoms with van der Waals surface area (Å²) in [6, 6.07) is 0. The van der Waals surface area contributed by atoms with Crippen LogP contribution in [0.2, 0.25) is 0 Å². The third-order valence-electron chi connectivity index (χ3n) is 2.29. The van der Waals surface area contributed by atoms with Gasteiger partial charge in [0.25, 0.3) is 0 Å². The minimum atomic E-state index is -5.08. The third-order valence-corrected chi connectivity index (χ3v) is 3.32. The quantitative estimate of drug-likeness (QED) is 0.748. The van der Waals surface area contributed by atoms with Crippen LogP contribution in [-0.4, -0.2) is 53.6 Å². The third kappa shape index (κ3) is 5.63. The van der Waals surface area contributed by atoms with E-state index in [-0.39, 0.29) is 0 Å². The van der Waals surface area contributed by atoms with Gasteiger partial charge in [-0.2, -0.15) is 26.3 Å². The number of halogens is 6. The number of carbonyl (C=O) groups is 1. The predicted molar refractivity (Wildman–Crippen MR) is 63.7 cm³/mol. The fourth-order valence-corrected chi connectivity index (χ4v) is 2.08.